The first kappa shape index (κ1) is 11.7. The van der Waals surface area contributed by atoms with Crippen LogP contribution in [0.25, 0.3) is 0 Å². The van der Waals surface area contributed by atoms with Gasteiger partial charge in [-0.05, 0) is 37.6 Å². The highest BCUT2D eigenvalue weighted by Gasteiger charge is 2.02. The molecule has 78 valence electrons. The normalized spacial score (nSPS) is 12.8. The smallest absolute Gasteiger partial charge is 0.0291 e. The molecule has 0 aliphatic rings. The fourth-order valence-electron chi connectivity index (χ4n) is 1.36. The summed E-state index contributed by atoms with van der Waals surface area (Å²) in [5, 5.41) is 3.50. The van der Waals surface area contributed by atoms with Crippen LogP contribution in [0.5, 0.6) is 0 Å². The van der Waals surface area contributed by atoms with E-state index in [1.54, 1.807) is 0 Å². The number of hydrogen-bond donors (Lipinski definition) is 1. The molecule has 0 saturated carbocycles. The Morgan fingerprint density at radius 2 is 1.93 bits per heavy atom. The average molecular weight is 256 g/mol. The van der Waals surface area contributed by atoms with Crippen LogP contribution in [0.2, 0.25) is 0 Å². The Hall–Kier alpha value is -0.340. The number of hydrogen-bond acceptors (Lipinski definition) is 1. The molecule has 0 heterocycles. The predicted octanol–water partition coefficient (Wildman–Crippen LogP) is 3.90. The monoisotopic (exact) mass is 255 g/mol. The topological polar surface area (TPSA) is 12.0 Å². The summed E-state index contributed by atoms with van der Waals surface area (Å²) in [5.41, 5.74) is 1.35. The minimum absolute atomic E-state index is 0.453. The van der Waals surface area contributed by atoms with E-state index >= 15 is 0 Å². The maximum atomic E-state index is 3.50. The van der Waals surface area contributed by atoms with Gasteiger partial charge in [0, 0.05) is 10.5 Å². The Bertz CT molecular complexity index is 256. The largest absolute Gasteiger partial charge is 0.310 e. The molecular formula is C12H18BrN. The molecule has 2 heteroatoms. The highest BCUT2D eigenvalue weighted by Crippen LogP contribution is 2.16. The van der Waals surface area contributed by atoms with Crippen LogP contribution in [-0.2, 0) is 0 Å². The summed E-state index contributed by atoms with van der Waals surface area (Å²) in [5.74, 6) is 0. The average Bonchev–Trinajstić information content (AvgIpc) is 2.19. The molecule has 1 aromatic rings. The van der Waals surface area contributed by atoms with E-state index in [1.165, 1.54) is 18.4 Å². The van der Waals surface area contributed by atoms with Crippen molar-refractivity contribution in [1.29, 1.82) is 0 Å². The third-order valence-corrected chi connectivity index (χ3v) is 2.88. The third kappa shape index (κ3) is 3.81. The molecule has 0 aliphatic heterocycles. The summed E-state index contributed by atoms with van der Waals surface area (Å²) in [6.07, 6.45) is 2.50. The van der Waals surface area contributed by atoms with Crippen molar-refractivity contribution in [1.82, 2.24) is 5.32 Å². The Balaban J connectivity index is 2.43. The fourth-order valence-corrected chi connectivity index (χ4v) is 1.63. The minimum atomic E-state index is 0.453. The van der Waals surface area contributed by atoms with Crippen LogP contribution in [0.15, 0.2) is 28.7 Å². The van der Waals surface area contributed by atoms with Gasteiger partial charge in [-0.15, -0.1) is 0 Å². The molecular weight excluding hydrogens is 238 g/mol. The van der Waals surface area contributed by atoms with E-state index in [0.717, 1.165) is 11.0 Å². The maximum Gasteiger partial charge on any atom is 0.0291 e. The standard InChI is InChI=1S/C12H18BrN/c1-3-4-9-14-10(2)11-5-7-12(13)8-6-11/h5-8,10,14H,3-4,9H2,1-2H3. The van der Waals surface area contributed by atoms with Gasteiger partial charge in [-0.2, -0.15) is 0 Å². The second-order valence-electron chi connectivity index (χ2n) is 3.58. The van der Waals surface area contributed by atoms with Crippen molar-refractivity contribution in [2.24, 2.45) is 0 Å². The Labute approximate surface area is 95.0 Å². The predicted molar refractivity (Wildman–Crippen MR) is 65.5 cm³/mol. The van der Waals surface area contributed by atoms with Gasteiger partial charge in [0.2, 0.25) is 0 Å². The van der Waals surface area contributed by atoms with Crippen molar-refractivity contribution in [3.63, 3.8) is 0 Å². The summed E-state index contributed by atoms with van der Waals surface area (Å²) < 4.78 is 1.14. The van der Waals surface area contributed by atoms with E-state index in [9.17, 15) is 0 Å². The SMILES string of the molecule is CCCCNC(C)c1ccc(Br)cc1. The van der Waals surface area contributed by atoms with Gasteiger partial charge < -0.3 is 5.32 Å². The van der Waals surface area contributed by atoms with E-state index < -0.39 is 0 Å². The van der Waals surface area contributed by atoms with Gasteiger partial charge >= 0.3 is 0 Å². The lowest BCUT2D eigenvalue weighted by Gasteiger charge is -2.13. The minimum Gasteiger partial charge on any atom is -0.310 e. The van der Waals surface area contributed by atoms with Crippen molar-refractivity contribution in [3.8, 4) is 0 Å². The number of benzene rings is 1. The van der Waals surface area contributed by atoms with E-state index in [0.29, 0.717) is 6.04 Å². The summed E-state index contributed by atoms with van der Waals surface area (Å²) >= 11 is 3.44. The number of rotatable bonds is 5. The zero-order valence-corrected chi connectivity index (χ0v) is 10.5. The second-order valence-corrected chi connectivity index (χ2v) is 4.50. The van der Waals surface area contributed by atoms with E-state index in [4.69, 9.17) is 0 Å². The van der Waals surface area contributed by atoms with Gasteiger partial charge in [-0.25, -0.2) is 0 Å². The quantitative estimate of drug-likeness (QED) is 0.788. The molecule has 1 N–H and O–H groups in total. The Morgan fingerprint density at radius 1 is 1.29 bits per heavy atom. The number of unbranched alkanes of at least 4 members (excludes halogenated alkanes) is 1. The molecule has 0 saturated heterocycles. The summed E-state index contributed by atoms with van der Waals surface area (Å²) in [6, 6.07) is 8.96. The molecule has 1 atom stereocenters. The lowest BCUT2D eigenvalue weighted by atomic mass is 10.1. The lowest BCUT2D eigenvalue weighted by Crippen LogP contribution is -2.19. The van der Waals surface area contributed by atoms with Crippen molar-refractivity contribution in [2.45, 2.75) is 32.7 Å². The van der Waals surface area contributed by atoms with Crippen LogP contribution in [-0.4, -0.2) is 6.54 Å². The fraction of sp³-hybridized carbons (Fsp3) is 0.500. The van der Waals surface area contributed by atoms with Gasteiger partial charge in [0.05, 0.1) is 0 Å². The van der Waals surface area contributed by atoms with Crippen molar-refractivity contribution >= 4 is 15.9 Å². The molecule has 0 spiro atoms. The zero-order valence-electron chi connectivity index (χ0n) is 8.89. The molecule has 0 radical (unpaired) electrons. The maximum absolute atomic E-state index is 3.50. The molecule has 0 aliphatic carbocycles. The molecule has 1 unspecified atom stereocenters. The Morgan fingerprint density at radius 3 is 2.50 bits per heavy atom. The van der Waals surface area contributed by atoms with Crippen LogP contribution in [0, 0.1) is 0 Å². The van der Waals surface area contributed by atoms with E-state index in [-0.39, 0.29) is 0 Å². The van der Waals surface area contributed by atoms with Crippen LogP contribution in [0.4, 0.5) is 0 Å². The highest BCUT2D eigenvalue weighted by atomic mass is 79.9. The first-order chi connectivity index (χ1) is 6.74. The molecule has 1 aromatic carbocycles. The van der Waals surface area contributed by atoms with E-state index in [1.807, 2.05) is 0 Å². The molecule has 0 aromatic heterocycles. The van der Waals surface area contributed by atoms with Crippen LogP contribution < -0.4 is 5.32 Å². The molecule has 1 rings (SSSR count). The summed E-state index contributed by atoms with van der Waals surface area (Å²) in [7, 11) is 0. The van der Waals surface area contributed by atoms with Gasteiger partial charge in [-0.3, -0.25) is 0 Å². The van der Waals surface area contributed by atoms with Gasteiger partial charge in [-0.1, -0.05) is 41.4 Å². The summed E-state index contributed by atoms with van der Waals surface area (Å²) in [6.45, 7) is 5.53. The van der Waals surface area contributed by atoms with Crippen LogP contribution in [0.1, 0.15) is 38.3 Å². The lowest BCUT2D eigenvalue weighted by molar-refractivity contribution is 0.554. The van der Waals surface area contributed by atoms with Gasteiger partial charge in [0.25, 0.3) is 0 Å². The Kier molecular flexibility index (Phi) is 5.20. The molecule has 1 nitrogen and oxygen atoms in total. The second kappa shape index (κ2) is 6.20. The molecule has 0 fully saturated rings. The van der Waals surface area contributed by atoms with Gasteiger partial charge in [0.15, 0.2) is 0 Å². The number of nitrogens with one attached hydrogen (secondary N) is 1. The summed E-state index contributed by atoms with van der Waals surface area (Å²) in [4.78, 5) is 0. The third-order valence-electron chi connectivity index (χ3n) is 2.35. The van der Waals surface area contributed by atoms with Crippen molar-refractivity contribution in [2.75, 3.05) is 6.54 Å². The van der Waals surface area contributed by atoms with Crippen LogP contribution in [0.3, 0.4) is 0 Å². The zero-order chi connectivity index (χ0) is 10.4. The first-order valence-corrected chi connectivity index (χ1v) is 6.02. The highest BCUT2D eigenvalue weighted by molar-refractivity contribution is 9.10. The molecule has 14 heavy (non-hydrogen) atoms. The van der Waals surface area contributed by atoms with Crippen molar-refractivity contribution < 1.29 is 0 Å². The first-order valence-electron chi connectivity index (χ1n) is 5.23. The number of halogens is 1. The van der Waals surface area contributed by atoms with Gasteiger partial charge in [0.1, 0.15) is 0 Å². The molecule has 0 bridgehead atoms. The van der Waals surface area contributed by atoms with E-state index in [2.05, 4.69) is 59.4 Å². The van der Waals surface area contributed by atoms with Crippen molar-refractivity contribution in [3.05, 3.63) is 34.3 Å². The van der Waals surface area contributed by atoms with Crippen LogP contribution >= 0.6 is 15.9 Å². The molecule has 0 amide bonds.